The van der Waals surface area contributed by atoms with E-state index in [-0.39, 0.29) is 48.4 Å². The number of esters is 2. The summed E-state index contributed by atoms with van der Waals surface area (Å²) in [5.74, 6) is 0.226. The van der Waals surface area contributed by atoms with Crippen LogP contribution >= 0.6 is 20.8 Å². The first kappa shape index (κ1) is 45.5. The molecule has 5 nitrogen and oxygen atoms in total. The Morgan fingerprint density at radius 2 is 1.00 bits per heavy atom. The molecule has 0 bridgehead atoms. The summed E-state index contributed by atoms with van der Waals surface area (Å²) >= 11 is 4.24. The first-order chi connectivity index (χ1) is 23.5. The number of ketones is 1. The number of halogens is 1. The normalized spacial score (nSPS) is 15.4. The van der Waals surface area contributed by atoms with Crippen LogP contribution in [0.4, 0.5) is 0 Å². The number of unbranched alkanes of at least 4 members (excludes halogenated alkanes) is 1. The molecule has 0 amide bonds. The van der Waals surface area contributed by atoms with Gasteiger partial charge in [-0.3, -0.25) is 14.4 Å². The molecule has 2 aliphatic rings. The van der Waals surface area contributed by atoms with Crippen molar-refractivity contribution in [3.8, 4) is 0 Å². The fraction of sp³-hybridized carbons (Fsp3) is 0.429. The smallest absolute Gasteiger partial charge is 0.343 e. The second kappa shape index (κ2) is 23.9. The molecule has 0 radical (unpaired) electrons. The van der Waals surface area contributed by atoms with Crippen molar-refractivity contribution < 1.29 is 42.7 Å². The van der Waals surface area contributed by atoms with Gasteiger partial charge in [0.25, 0.3) is 0 Å². The van der Waals surface area contributed by atoms with E-state index in [2.05, 4.69) is 134 Å². The molecule has 0 N–H and O–H groups in total. The van der Waals surface area contributed by atoms with Crippen LogP contribution in [-0.4, -0.2) is 37.6 Å². The Bertz CT molecular complexity index is 1260. The molecule has 268 valence electrons. The summed E-state index contributed by atoms with van der Waals surface area (Å²) in [6, 6.07) is 32.3. The fourth-order valence-electron chi connectivity index (χ4n) is 5.75. The van der Waals surface area contributed by atoms with Crippen LogP contribution in [0.2, 0.25) is 0 Å². The summed E-state index contributed by atoms with van der Waals surface area (Å²) < 4.78 is 9.81. The zero-order valence-corrected chi connectivity index (χ0v) is 33.6. The number of rotatable bonds is 8. The average molecular weight is 760 g/mol. The number of hydrogen-bond acceptors (Lipinski definition) is 5. The SMILES string of the molecule is C=C1CCC(C(=O)OCC)CC1.CCOC(=O)C1CCC(=O)CC1.CP(Br)(c1ccccc1)(c1ccccc1)c1ccccc1.[CH2-]CCC.[Li+]. The number of hydrogen-bond donors (Lipinski definition) is 0. The van der Waals surface area contributed by atoms with Gasteiger partial charge in [0.2, 0.25) is 0 Å². The van der Waals surface area contributed by atoms with E-state index in [0.29, 0.717) is 38.9 Å². The van der Waals surface area contributed by atoms with Crippen molar-refractivity contribution in [3.63, 3.8) is 0 Å². The number of carbonyl (C=O) groups excluding carboxylic acids is 3. The molecule has 0 aliphatic heterocycles. The van der Waals surface area contributed by atoms with Crippen molar-refractivity contribution >= 4 is 54.4 Å². The Balaban J connectivity index is 0.000000372. The first-order valence-corrected chi connectivity index (χ1v) is 22.4. The van der Waals surface area contributed by atoms with Gasteiger partial charge in [-0.15, -0.1) is 0 Å². The van der Waals surface area contributed by atoms with Gasteiger partial charge in [0.1, 0.15) is 5.78 Å². The third kappa shape index (κ3) is 13.9. The number of carbonyl (C=O) groups is 3. The Labute approximate surface area is 322 Å². The maximum Gasteiger partial charge on any atom is 1.00 e. The maximum absolute atomic E-state index is 11.3. The minimum atomic E-state index is -2.56. The van der Waals surface area contributed by atoms with E-state index in [9.17, 15) is 14.4 Å². The van der Waals surface area contributed by atoms with Crippen molar-refractivity contribution in [2.24, 2.45) is 11.8 Å². The van der Waals surface area contributed by atoms with Gasteiger partial charge < -0.3 is 16.4 Å². The van der Waals surface area contributed by atoms with Crippen LogP contribution < -0.4 is 34.8 Å². The first-order valence-electron chi connectivity index (χ1n) is 17.7. The Kier molecular flexibility index (Phi) is 21.8. The van der Waals surface area contributed by atoms with Crippen LogP contribution in [0.1, 0.15) is 85.0 Å². The predicted molar refractivity (Wildman–Crippen MR) is 212 cm³/mol. The summed E-state index contributed by atoms with van der Waals surface area (Å²) in [5, 5.41) is 1.48. The van der Waals surface area contributed by atoms with E-state index in [0.717, 1.165) is 32.1 Å². The van der Waals surface area contributed by atoms with Gasteiger partial charge in [0.05, 0.1) is 25.0 Å². The molecule has 0 unspecified atom stereocenters. The maximum atomic E-state index is 11.3. The molecule has 0 saturated heterocycles. The molecule has 3 aromatic rings. The molecular weight excluding hydrogens is 702 g/mol. The predicted octanol–water partition coefficient (Wildman–Crippen LogP) is 6.69. The Hall–Kier alpha value is -2.48. The van der Waals surface area contributed by atoms with Crippen molar-refractivity contribution in [3.05, 3.63) is 110 Å². The molecule has 0 heterocycles. The van der Waals surface area contributed by atoms with E-state index in [1.807, 2.05) is 6.92 Å². The molecule has 2 saturated carbocycles. The van der Waals surface area contributed by atoms with E-state index in [1.165, 1.54) is 27.9 Å². The molecule has 5 rings (SSSR count). The zero-order chi connectivity index (χ0) is 36.1. The third-order valence-corrected chi connectivity index (χ3v) is 17.2. The van der Waals surface area contributed by atoms with Gasteiger partial charge in [0, 0.05) is 12.8 Å². The summed E-state index contributed by atoms with van der Waals surface area (Å²) in [7, 11) is 0. The topological polar surface area (TPSA) is 69.7 Å². The molecule has 50 heavy (non-hydrogen) atoms. The third-order valence-electron chi connectivity index (χ3n) is 8.94. The van der Waals surface area contributed by atoms with Crippen LogP contribution in [0.15, 0.2) is 103 Å². The van der Waals surface area contributed by atoms with Gasteiger partial charge in [-0.25, -0.2) is 0 Å². The van der Waals surface area contributed by atoms with Gasteiger partial charge in [-0.2, -0.15) is 6.42 Å². The number of allylic oxidation sites excluding steroid dienone is 1. The summed E-state index contributed by atoms with van der Waals surface area (Å²) in [6.07, 6.45) is 8.56. The molecule has 0 atom stereocenters. The van der Waals surface area contributed by atoms with Crippen LogP contribution in [0, 0.1) is 18.8 Å². The molecule has 2 fully saturated rings. The van der Waals surface area contributed by atoms with Gasteiger partial charge in [0.15, 0.2) is 0 Å². The zero-order valence-electron chi connectivity index (χ0n) is 31.1. The molecule has 0 spiro atoms. The monoisotopic (exact) mass is 758 g/mol. The minimum absolute atomic E-state index is 0. The van der Waals surface area contributed by atoms with Crippen LogP contribution in [0.3, 0.4) is 0 Å². The van der Waals surface area contributed by atoms with Gasteiger partial charge in [-0.1, -0.05) is 25.5 Å². The largest absolute Gasteiger partial charge is 1.00 e. The van der Waals surface area contributed by atoms with Crippen molar-refractivity contribution in [2.75, 3.05) is 19.9 Å². The van der Waals surface area contributed by atoms with Crippen LogP contribution in [-0.2, 0) is 23.9 Å². The molecule has 3 aromatic carbocycles. The Morgan fingerprint density at radius 3 is 1.28 bits per heavy atom. The fourth-order valence-corrected chi connectivity index (χ4v) is 11.4. The molecule has 8 heteroatoms. The van der Waals surface area contributed by atoms with Gasteiger partial charge in [-0.05, 0) is 52.4 Å². The van der Waals surface area contributed by atoms with Crippen LogP contribution in [0.25, 0.3) is 0 Å². The van der Waals surface area contributed by atoms with Crippen molar-refractivity contribution in [1.82, 2.24) is 0 Å². The molecular formula is C42H57BrLiO5P. The number of benzene rings is 3. The number of ether oxygens (including phenoxy) is 2. The summed E-state index contributed by atoms with van der Waals surface area (Å²) in [5.41, 5.74) is 1.27. The van der Waals surface area contributed by atoms with Crippen molar-refractivity contribution in [2.45, 2.75) is 85.0 Å². The van der Waals surface area contributed by atoms with Crippen LogP contribution in [0.5, 0.6) is 0 Å². The standard InChI is InChI=1S/C19H18BrP.C10H16O2.C9H14O3.C4H9.Li/c1-21(20,17-11-5-2-6-12-17,18-13-7-3-8-14-18)19-15-9-4-10-16-19;1-3-12-10(11)9-6-4-8(2)5-7-9;1-2-12-9(11)7-3-5-8(10)6-4-7;1-3-4-2;/h2-16H,1H3;9H,2-7H2,1H3;7H,2-6H2,1H3;1,3-4H2,2H3;/q;;;-1;+1. The van der Waals surface area contributed by atoms with E-state index in [1.54, 1.807) is 6.92 Å². The average Bonchev–Trinajstić information content (AvgIpc) is 3.14. The van der Waals surface area contributed by atoms with E-state index in [4.69, 9.17) is 9.47 Å². The molecule has 0 aromatic heterocycles. The minimum Gasteiger partial charge on any atom is -0.343 e. The van der Waals surface area contributed by atoms with E-state index < -0.39 is 5.31 Å². The second-order valence-electron chi connectivity index (χ2n) is 12.6. The number of Topliss-reactive ketones (excluding diaryl/α,β-unsaturated/α-hetero) is 1. The molecule has 2 aliphatic carbocycles. The van der Waals surface area contributed by atoms with E-state index >= 15 is 0 Å². The quantitative estimate of drug-likeness (QED) is 0.0843. The van der Waals surface area contributed by atoms with Gasteiger partial charge >= 0.3 is 165 Å². The summed E-state index contributed by atoms with van der Waals surface area (Å²) in [6.45, 7) is 16.6. The van der Waals surface area contributed by atoms with Crippen molar-refractivity contribution in [1.29, 1.82) is 0 Å². The summed E-state index contributed by atoms with van der Waals surface area (Å²) in [4.78, 5) is 33.3. The Morgan fingerprint density at radius 1 is 0.700 bits per heavy atom. The second-order valence-corrected chi connectivity index (χ2v) is 22.4.